The van der Waals surface area contributed by atoms with Gasteiger partial charge in [0.05, 0.1) is 18.3 Å². The monoisotopic (exact) mass is 671 g/mol. The Morgan fingerprint density at radius 3 is 2.24 bits per heavy atom. The number of benzene rings is 3. The number of amides is 2. The lowest BCUT2D eigenvalue weighted by Gasteiger charge is -2.24. The van der Waals surface area contributed by atoms with Gasteiger partial charge in [0.25, 0.3) is 5.91 Å². The van der Waals surface area contributed by atoms with Crippen molar-refractivity contribution < 1.29 is 19.1 Å². The van der Waals surface area contributed by atoms with E-state index in [4.69, 9.17) is 9.47 Å². The molecule has 2 heterocycles. The van der Waals surface area contributed by atoms with Crippen LogP contribution in [0.3, 0.4) is 0 Å². The smallest absolute Gasteiger partial charge is 0.251 e. The fourth-order valence-corrected chi connectivity index (χ4v) is 7.15. The average molecular weight is 673 g/mol. The highest BCUT2D eigenvalue weighted by Gasteiger charge is 2.28. The van der Waals surface area contributed by atoms with Gasteiger partial charge in [-0.15, -0.1) is 0 Å². The van der Waals surface area contributed by atoms with Gasteiger partial charge in [-0.2, -0.15) is 0 Å². The summed E-state index contributed by atoms with van der Waals surface area (Å²) in [4.78, 5) is 26.6. The molecule has 236 valence electrons. The largest absolute Gasteiger partial charge is 0.497 e. The summed E-state index contributed by atoms with van der Waals surface area (Å²) in [5, 5.41) is 7.40. The van der Waals surface area contributed by atoms with E-state index in [-0.39, 0.29) is 18.4 Å². The second-order valence-corrected chi connectivity index (χ2v) is 13.1. The molecule has 7 nitrogen and oxygen atoms in total. The van der Waals surface area contributed by atoms with Crippen molar-refractivity contribution in [3.8, 4) is 22.8 Å². The first-order chi connectivity index (χ1) is 22.0. The topological polar surface area (TPSA) is 81.6 Å². The molecule has 2 aliphatic rings. The average Bonchev–Trinajstić information content (AvgIpc) is 3.38. The van der Waals surface area contributed by atoms with Gasteiger partial charge < -0.3 is 24.7 Å². The van der Waals surface area contributed by atoms with Crippen LogP contribution in [0.1, 0.15) is 85.2 Å². The SMILES string of the molecule is COc1ccc(Br)c(COc2ccc(-c3c(C4CCCCC4)c4ccc5cc4n3CC(=O)NCCCCCCNC5=O)cc2)c1. The van der Waals surface area contributed by atoms with Crippen LogP contribution in [0.5, 0.6) is 11.5 Å². The van der Waals surface area contributed by atoms with Gasteiger partial charge in [0.2, 0.25) is 5.91 Å². The molecule has 1 fully saturated rings. The Kier molecular flexibility index (Phi) is 10.1. The predicted octanol–water partition coefficient (Wildman–Crippen LogP) is 8.13. The van der Waals surface area contributed by atoms with Crippen LogP contribution in [0.25, 0.3) is 22.2 Å². The van der Waals surface area contributed by atoms with E-state index in [9.17, 15) is 9.59 Å². The molecule has 0 atom stereocenters. The molecule has 1 aromatic heterocycles. The third-order valence-electron chi connectivity index (χ3n) is 9.17. The second kappa shape index (κ2) is 14.5. The summed E-state index contributed by atoms with van der Waals surface area (Å²) in [6, 6.07) is 20.1. The molecular weight excluding hydrogens is 630 g/mol. The highest BCUT2D eigenvalue weighted by molar-refractivity contribution is 9.10. The summed E-state index contributed by atoms with van der Waals surface area (Å²) < 4.78 is 14.7. The molecule has 45 heavy (non-hydrogen) atoms. The minimum absolute atomic E-state index is 0.00288. The first-order valence-corrected chi connectivity index (χ1v) is 17.1. The standard InChI is InChI=1S/C37H42BrN3O4/c1-44-30-16-18-32(38)28(21-30)24-45-29-14-11-26(12-15-29)36-35(25-9-5-4-6-10-25)31-17-13-27-22-33(31)41(36)23-34(42)39-19-7-2-3-8-20-40-37(27)43/h11-18,21-22,25H,2-10,19-20,23-24H2,1H3,(H,39,42)(H,40,43). The number of carbonyl (C=O) groups excluding carboxylic acids is 2. The molecule has 8 heteroatoms. The highest BCUT2D eigenvalue weighted by atomic mass is 79.9. The number of rotatable bonds is 6. The van der Waals surface area contributed by atoms with E-state index in [0.717, 1.165) is 82.2 Å². The van der Waals surface area contributed by atoms with Gasteiger partial charge in [0, 0.05) is 34.1 Å². The summed E-state index contributed by atoms with van der Waals surface area (Å²) in [7, 11) is 1.66. The van der Waals surface area contributed by atoms with Gasteiger partial charge in [-0.3, -0.25) is 9.59 Å². The first kappa shape index (κ1) is 31.2. The number of fused-ring (bicyclic) bond motifs is 1. The quantitative estimate of drug-likeness (QED) is 0.217. The minimum atomic E-state index is -0.0612. The molecular formula is C37H42BrN3O4. The van der Waals surface area contributed by atoms with Crippen molar-refractivity contribution >= 4 is 38.6 Å². The number of methoxy groups -OCH3 is 1. The summed E-state index contributed by atoms with van der Waals surface area (Å²) in [5.74, 6) is 1.88. The Balaban J connectivity index is 1.40. The van der Waals surface area contributed by atoms with Crippen LogP contribution in [0.4, 0.5) is 0 Å². The Morgan fingerprint density at radius 2 is 1.49 bits per heavy atom. The number of ether oxygens (including phenoxy) is 2. The minimum Gasteiger partial charge on any atom is -0.497 e. The van der Waals surface area contributed by atoms with Crippen LogP contribution in [-0.4, -0.2) is 36.6 Å². The van der Waals surface area contributed by atoms with Crippen LogP contribution in [0, 0.1) is 0 Å². The van der Waals surface area contributed by atoms with E-state index < -0.39 is 0 Å². The van der Waals surface area contributed by atoms with Crippen molar-refractivity contribution in [2.45, 2.75) is 76.9 Å². The Hall–Kier alpha value is -3.78. The van der Waals surface area contributed by atoms with Crippen LogP contribution >= 0.6 is 15.9 Å². The molecule has 0 radical (unpaired) electrons. The van der Waals surface area contributed by atoms with Crippen LogP contribution < -0.4 is 20.1 Å². The van der Waals surface area contributed by atoms with Crippen molar-refractivity contribution in [3.63, 3.8) is 0 Å². The fraction of sp³-hybridized carbons (Fsp3) is 0.405. The Labute approximate surface area is 273 Å². The van der Waals surface area contributed by atoms with Crippen LogP contribution in [-0.2, 0) is 17.9 Å². The van der Waals surface area contributed by atoms with Crippen molar-refractivity contribution in [2.24, 2.45) is 0 Å². The zero-order valence-corrected chi connectivity index (χ0v) is 27.6. The van der Waals surface area contributed by atoms with Crippen molar-refractivity contribution in [1.82, 2.24) is 15.2 Å². The maximum absolute atomic E-state index is 13.4. The van der Waals surface area contributed by atoms with Gasteiger partial charge >= 0.3 is 0 Å². The zero-order valence-electron chi connectivity index (χ0n) is 26.0. The number of nitrogens with zero attached hydrogens (tertiary/aromatic N) is 1. The van der Waals surface area contributed by atoms with Crippen LogP contribution in [0.15, 0.2) is 65.1 Å². The molecule has 1 aliphatic heterocycles. The molecule has 6 rings (SSSR count). The van der Waals surface area contributed by atoms with E-state index >= 15 is 0 Å². The molecule has 0 spiro atoms. The number of hydrogen-bond acceptors (Lipinski definition) is 4. The first-order valence-electron chi connectivity index (χ1n) is 16.3. The van der Waals surface area contributed by atoms with E-state index in [1.54, 1.807) is 7.11 Å². The van der Waals surface area contributed by atoms with Gasteiger partial charge in [-0.25, -0.2) is 0 Å². The molecule has 2 amide bonds. The van der Waals surface area contributed by atoms with Crippen LogP contribution in [0.2, 0.25) is 0 Å². The van der Waals surface area contributed by atoms with Gasteiger partial charge in [0.15, 0.2) is 0 Å². The summed E-state index contributed by atoms with van der Waals surface area (Å²) in [6.07, 6.45) is 9.82. The molecule has 0 saturated heterocycles. The van der Waals surface area contributed by atoms with Crippen molar-refractivity contribution in [2.75, 3.05) is 20.2 Å². The maximum atomic E-state index is 13.4. The van der Waals surface area contributed by atoms with Gasteiger partial charge in [-0.1, -0.05) is 54.1 Å². The number of carbonyl (C=O) groups is 2. The maximum Gasteiger partial charge on any atom is 0.251 e. The normalized spacial score (nSPS) is 16.9. The summed E-state index contributed by atoms with van der Waals surface area (Å²) >= 11 is 3.61. The van der Waals surface area contributed by atoms with E-state index in [1.807, 2.05) is 42.5 Å². The Morgan fingerprint density at radius 1 is 0.800 bits per heavy atom. The molecule has 1 aliphatic carbocycles. The zero-order chi connectivity index (χ0) is 31.2. The Bertz CT molecular complexity index is 1660. The number of nitrogens with one attached hydrogen (secondary N) is 2. The lowest BCUT2D eigenvalue weighted by molar-refractivity contribution is -0.121. The molecule has 1 saturated carbocycles. The van der Waals surface area contributed by atoms with Gasteiger partial charge in [0.1, 0.15) is 24.7 Å². The number of halogens is 1. The highest BCUT2D eigenvalue weighted by Crippen LogP contribution is 2.44. The van der Waals surface area contributed by atoms with E-state index in [2.05, 4.69) is 49.3 Å². The molecule has 4 aromatic rings. The lowest BCUT2D eigenvalue weighted by atomic mass is 9.81. The third-order valence-corrected chi connectivity index (χ3v) is 9.94. The fourth-order valence-electron chi connectivity index (χ4n) is 6.79. The summed E-state index contributed by atoms with van der Waals surface area (Å²) in [5.41, 5.74) is 5.96. The second-order valence-electron chi connectivity index (χ2n) is 12.2. The lowest BCUT2D eigenvalue weighted by Crippen LogP contribution is -2.28. The van der Waals surface area contributed by atoms with E-state index in [0.29, 0.717) is 31.2 Å². The number of aromatic nitrogens is 1. The predicted molar refractivity (Wildman–Crippen MR) is 182 cm³/mol. The molecule has 2 N–H and O–H groups in total. The molecule has 0 unspecified atom stereocenters. The third kappa shape index (κ3) is 7.22. The van der Waals surface area contributed by atoms with Gasteiger partial charge in [-0.05, 0) is 97.3 Å². The van der Waals surface area contributed by atoms with E-state index in [1.165, 1.54) is 24.8 Å². The summed E-state index contributed by atoms with van der Waals surface area (Å²) in [6.45, 7) is 1.92. The number of hydrogen-bond donors (Lipinski definition) is 2. The van der Waals surface area contributed by atoms with Crippen molar-refractivity contribution in [1.29, 1.82) is 0 Å². The molecule has 2 bridgehead atoms. The van der Waals surface area contributed by atoms with Crippen molar-refractivity contribution in [3.05, 3.63) is 81.8 Å². The molecule has 3 aromatic carbocycles.